The summed E-state index contributed by atoms with van der Waals surface area (Å²) in [5, 5.41) is 0.670. The maximum atomic E-state index is 12.8. The molecule has 0 N–H and O–H groups in total. The quantitative estimate of drug-likeness (QED) is 0.408. The summed E-state index contributed by atoms with van der Waals surface area (Å²) < 4.78 is 8.50. The number of thiazole rings is 1. The molecule has 0 bridgehead atoms. The number of rotatable bonds is 6. The Labute approximate surface area is 171 Å². The van der Waals surface area contributed by atoms with Gasteiger partial charge in [-0.1, -0.05) is 35.1 Å². The van der Waals surface area contributed by atoms with Crippen LogP contribution in [-0.2, 0) is 11.3 Å². The van der Waals surface area contributed by atoms with Crippen LogP contribution in [0.15, 0.2) is 46.3 Å². The van der Waals surface area contributed by atoms with Gasteiger partial charge in [-0.25, -0.2) is 0 Å². The number of carbonyl (C=O) groups excluding carboxylic acids is 1. The molecule has 0 saturated heterocycles. The minimum Gasteiger partial charge on any atom is -0.380 e. The van der Waals surface area contributed by atoms with Crippen molar-refractivity contribution in [1.82, 2.24) is 4.57 Å². The van der Waals surface area contributed by atoms with Crippen LogP contribution in [0, 0.1) is 6.92 Å². The number of aryl methyl sites for hydroxylation is 1. The van der Waals surface area contributed by atoms with Crippen LogP contribution in [0.2, 0.25) is 5.02 Å². The van der Waals surface area contributed by atoms with Crippen molar-refractivity contribution < 1.29 is 9.53 Å². The molecule has 0 aliphatic heterocycles. The van der Waals surface area contributed by atoms with E-state index in [1.165, 1.54) is 11.3 Å². The van der Waals surface area contributed by atoms with Gasteiger partial charge in [-0.15, -0.1) is 11.8 Å². The van der Waals surface area contributed by atoms with E-state index in [1.807, 2.05) is 55.0 Å². The molecular formula is C20H21ClN2O2S2. The van der Waals surface area contributed by atoms with Crippen LogP contribution in [0.25, 0.3) is 10.2 Å². The summed E-state index contributed by atoms with van der Waals surface area (Å²) in [6.45, 7) is 5.82. The molecule has 27 heavy (non-hydrogen) atoms. The van der Waals surface area contributed by atoms with Crippen molar-refractivity contribution in [1.29, 1.82) is 0 Å². The highest BCUT2D eigenvalue weighted by atomic mass is 35.5. The van der Waals surface area contributed by atoms with E-state index in [2.05, 4.69) is 4.99 Å². The second-order valence-electron chi connectivity index (χ2n) is 5.92. The summed E-state index contributed by atoms with van der Waals surface area (Å²) in [5.41, 5.74) is 2.69. The zero-order valence-corrected chi connectivity index (χ0v) is 17.9. The van der Waals surface area contributed by atoms with Gasteiger partial charge in [-0.2, -0.15) is 4.99 Å². The number of ether oxygens (including phenoxy) is 1. The molecule has 4 nitrogen and oxygen atoms in total. The zero-order valence-electron chi connectivity index (χ0n) is 15.5. The number of fused-ring (bicyclic) bond motifs is 1. The summed E-state index contributed by atoms with van der Waals surface area (Å²) >= 11 is 9.44. The topological polar surface area (TPSA) is 43.6 Å². The predicted molar refractivity (Wildman–Crippen MR) is 114 cm³/mol. The number of nitrogens with zero attached hydrogens (tertiary/aromatic N) is 2. The molecule has 1 amide bonds. The van der Waals surface area contributed by atoms with Crippen LogP contribution >= 0.6 is 34.7 Å². The standard InChI is InChI=1S/C20H21ClN2O2S2/c1-4-25-11-10-23-17-13(2)8-9-16(21)18(17)27-20(23)22-19(24)14-6-5-7-15(12-14)26-3/h5-9,12H,4,10-11H2,1-3H3. The van der Waals surface area contributed by atoms with Gasteiger partial charge >= 0.3 is 0 Å². The Morgan fingerprint density at radius 1 is 1.33 bits per heavy atom. The van der Waals surface area contributed by atoms with Gasteiger partial charge in [-0.05, 0) is 49.9 Å². The molecule has 0 saturated carbocycles. The first kappa shape index (κ1) is 20.1. The molecule has 3 aromatic rings. The fourth-order valence-electron chi connectivity index (χ4n) is 2.82. The van der Waals surface area contributed by atoms with Crippen LogP contribution in [0.4, 0.5) is 0 Å². The summed E-state index contributed by atoms with van der Waals surface area (Å²) in [4.78, 5) is 18.9. The molecule has 3 rings (SSSR count). The van der Waals surface area contributed by atoms with E-state index in [0.717, 1.165) is 20.7 Å². The van der Waals surface area contributed by atoms with Crippen molar-refractivity contribution in [3.8, 4) is 0 Å². The molecule has 1 heterocycles. The van der Waals surface area contributed by atoms with Crippen molar-refractivity contribution in [2.45, 2.75) is 25.3 Å². The third-order valence-corrected chi connectivity index (χ3v) is 6.42. The number of halogens is 1. The molecule has 0 spiro atoms. The minimum atomic E-state index is -0.253. The van der Waals surface area contributed by atoms with Crippen molar-refractivity contribution in [3.05, 3.63) is 57.3 Å². The first-order valence-electron chi connectivity index (χ1n) is 8.64. The zero-order chi connectivity index (χ0) is 19.4. The summed E-state index contributed by atoms with van der Waals surface area (Å²) in [5.74, 6) is -0.253. The maximum absolute atomic E-state index is 12.8. The molecule has 7 heteroatoms. The first-order valence-corrected chi connectivity index (χ1v) is 11.1. The second-order valence-corrected chi connectivity index (χ2v) is 8.19. The van der Waals surface area contributed by atoms with Crippen LogP contribution in [0.1, 0.15) is 22.8 Å². The fourth-order valence-corrected chi connectivity index (χ4v) is 4.68. The van der Waals surface area contributed by atoms with E-state index in [1.54, 1.807) is 17.8 Å². The first-order chi connectivity index (χ1) is 13.0. The highest BCUT2D eigenvalue weighted by Crippen LogP contribution is 2.29. The van der Waals surface area contributed by atoms with Crippen molar-refractivity contribution in [3.63, 3.8) is 0 Å². The lowest BCUT2D eigenvalue weighted by Crippen LogP contribution is -2.20. The Morgan fingerprint density at radius 2 is 2.15 bits per heavy atom. The van der Waals surface area contributed by atoms with Crippen molar-refractivity contribution in [2.24, 2.45) is 4.99 Å². The number of hydrogen-bond acceptors (Lipinski definition) is 4. The van der Waals surface area contributed by atoms with Gasteiger partial charge < -0.3 is 9.30 Å². The molecule has 0 unspecified atom stereocenters. The van der Waals surface area contributed by atoms with Gasteiger partial charge in [0.1, 0.15) is 0 Å². The maximum Gasteiger partial charge on any atom is 0.279 e. The van der Waals surface area contributed by atoms with E-state index in [4.69, 9.17) is 16.3 Å². The lowest BCUT2D eigenvalue weighted by Gasteiger charge is -2.08. The number of amides is 1. The van der Waals surface area contributed by atoms with Crippen molar-refractivity contribution >= 4 is 50.8 Å². The Hall–Kier alpha value is -1.60. The monoisotopic (exact) mass is 420 g/mol. The number of carbonyl (C=O) groups is 1. The predicted octanol–water partition coefficient (Wildman–Crippen LogP) is 5.16. The Morgan fingerprint density at radius 3 is 2.89 bits per heavy atom. The van der Waals surface area contributed by atoms with E-state index in [9.17, 15) is 4.79 Å². The molecule has 142 valence electrons. The summed E-state index contributed by atoms with van der Waals surface area (Å²) in [7, 11) is 0. The van der Waals surface area contributed by atoms with Crippen LogP contribution in [-0.4, -0.2) is 29.9 Å². The van der Waals surface area contributed by atoms with E-state index in [-0.39, 0.29) is 5.91 Å². The summed E-state index contributed by atoms with van der Waals surface area (Å²) in [6, 6.07) is 11.4. The average molecular weight is 421 g/mol. The third-order valence-electron chi connectivity index (χ3n) is 4.16. The summed E-state index contributed by atoms with van der Waals surface area (Å²) in [6.07, 6.45) is 1.99. The lowest BCUT2D eigenvalue weighted by molar-refractivity contribution is 0.0996. The van der Waals surface area contributed by atoms with E-state index >= 15 is 0 Å². The smallest absolute Gasteiger partial charge is 0.279 e. The van der Waals surface area contributed by atoms with Crippen LogP contribution < -0.4 is 4.80 Å². The molecule has 0 atom stereocenters. The van der Waals surface area contributed by atoms with Gasteiger partial charge in [0.2, 0.25) is 0 Å². The van der Waals surface area contributed by atoms with Gasteiger partial charge in [0.05, 0.1) is 21.8 Å². The molecular weight excluding hydrogens is 400 g/mol. The number of thioether (sulfide) groups is 1. The molecule has 0 aliphatic carbocycles. The van der Waals surface area contributed by atoms with Gasteiger partial charge in [0.15, 0.2) is 4.80 Å². The van der Waals surface area contributed by atoms with Gasteiger partial charge in [0, 0.05) is 23.6 Å². The largest absolute Gasteiger partial charge is 0.380 e. The molecule has 0 fully saturated rings. The van der Waals surface area contributed by atoms with E-state index < -0.39 is 0 Å². The Balaban J connectivity index is 2.12. The van der Waals surface area contributed by atoms with Crippen LogP contribution in [0.3, 0.4) is 0 Å². The number of benzene rings is 2. The molecule has 1 aromatic heterocycles. The third kappa shape index (κ3) is 4.46. The Kier molecular flexibility index (Phi) is 6.76. The second kappa shape index (κ2) is 9.06. The normalized spacial score (nSPS) is 12.1. The average Bonchev–Trinajstić information content (AvgIpc) is 3.04. The van der Waals surface area contributed by atoms with Crippen LogP contribution in [0.5, 0.6) is 0 Å². The highest BCUT2D eigenvalue weighted by molar-refractivity contribution is 7.98. The molecule has 0 aliphatic rings. The fraction of sp³-hybridized carbons (Fsp3) is 0.300. The lowest BCUT2D eigenvalue weighted by atomic mass is 10.2. The van der Waals surface area contributed by atoms with E-state index in [0.29, 0.717) is 35.1 Å². The number of aromatic nitrogens is 1. The molecule has 2 aromatic carbocycles. The Bertz CT molecular complexity index is 1040. The number of hydrogen-bond donors (Lipinski definition) is 0. The van der Waals surface area contributed by atoms with Gasteiger partial charge in [-0.3, -0.25) is 4.79 Å². The van der Waals surface area contributed by atoms with Gasteiger partial charge in [0.25, 0.3) is 5.91 Å². The SMILES string of the molecule is CCOCCn1c(=NC(=O)c2cccc(SC)c2)sc2c(Cl)ccc(C)c21. The minimum absolute atomic E-state index is 0.253. The highest BCUT2D eigenvalue weighted by Gasteiger charge is 2.13. The van der Waals surface area contributed by atoms with Crippen molar-refractivity contribution in [2.75, 3.05) is 19.5 Å². The molecule has 0 radical (unpaired) electrons.